The van der Waals surface area contributed by atoms with Crippen LogP contribution in [-0.4, -0.2) is 11.8 Å². The standard InChI is InChI=1S/C14H22ClNS/c1-10(2)7-8-17-14-12(9-11(3)16)5-4-6-13(14)15/h4-6,10-11H,7-9,16H2,1-3H3. The zero-order chi connectivity index (χ0) is 12.8. The summed E-state index contributed by atoms with van der Waals surface area (Å²) in [6, 6.07) is 6.28. The highest BCUT2D eigenvalue weighted by molar-refractivity contribution is 7.99. The zero-order valence-corrected chi connectivity index (χ0v) is 12.4. The third-order valence-corrected chi connectivity index (χ3v) is 4.17. The Kier molecular flexibility index (Phi) is 6.39. The molecule has 1 aromatic carbocycles. The second kappa shape index (κ2) is 7.30. The second-order valence-corrected chi connectivity index (χ2v) is 6.45. The maximum atomic E-state index is 6.27. The molecule has 1 rings (SSSR count). The van der Waals surface area contributed by atoms with E-state index in [4.69, 9.17) is 17.3 Å². The van der Waals surface area contributed by atoms with Crippen LogP contribution in [0.2, 0.25) is 5.02 Å². The van der Waals surface area contributed by atoms with E-state index in [-0.39, 0.29) is 6.04 Å². The predicted octanol–water partition coefficient (Wildman–Crippen LogP) is 4.37. The quantitative estimate of drug-likeness (QED) is 0.778. The van der Waals surface area contributed by atoms with E-state index in [2.05, 4.69) is 19.9 Å². The smallest absolute Gasteiger partial charge is 0.0544 e. The highest BCUT2D eigenvalue weighted by atomic mass is 35.5. The molecular formula is C14H22ClNS. The average molecular weight is 272 g/mol. The SMILES string of the molecule is CC(C)CCSc1c(Cl)cccc1CC(C)N. The van der Waals surface area contributed by atoms with Crippen LogP contribution in [0.4, 0.5) is 0 Å². The topological polar surface area (TPSA) is 26.0 Å². The molecule has 0 fully saturated rings. The lowest BCUT2D eigenvalue weighted by Gasteiger charge is -2.13. The van der Waals surface area contributed by atoms with Crippen LogP contribution in [-0.2, 0) is 6.42 Å². The minimum Gasteiger partial charge on any atom is -0.328 e. The van der Waals surface area contributed by atoms with Crippen molar-refractivity contribution in [2.24, 2.45) is 11.7 Å². The van der Waals surface area contributed by atoms with Gasteiger partial charge >= 0.3 is 0 Å². The summed E-state index contributed by atoms with van der Waals surface area (Å²) >= 11 is 8.12. The minimum absolute atomic E-state index is 0.179. The lowest BCUT2D eigenvalue weighted by atomic mass is 10.1. The van der Waals surface area contributed by atoms with Crippen LogP contribution in [0.3, 0.4) is 0 Å². The van der Waals surface area contributed by atoms with Gasteiger partial charge in [-0.2, -0.15) is 0 Å². The Morgan fingerprint density at radius 1 is 1.29 bits per heavy atom. The third-order valence-electron chi connectivity index (χ3n) is 2.53. The monoisotopic (exact) mass is 271 g/mol. The normalized spacial score (nSPS) is 13.1. The summed E-state index contributed by atoms with van der Waals surface area (Å²) in [5, 5.41) is 0.858. The molecule has 0 aliphatic heterocycles. The first-order chi connectivity index (χ1) is 8.00. The van der Waals surface area contributed by atoms with E-state index in [1.165, 1.54) is 16.9 Å². The van der Waals surface area contributed by atoms with Crippen molar-refractivity contribution in [3.8, 4) is 0 Å². The number of benzene rings is 1. The minimum atomic E-state index is 0.179. The first-order valence-electron chi connectivity index (χ1n) is 6.16. The van der Waals surface area contributed by atoms with Gasteiger partial charge in [0, 0.05) is 10.9 Å². The summed E-state index contributed by atoms with van der Waals surface area (Å²) in [5.74, 6) is 1.86. The molecule has 0 aromatic heterocycles. The molecule has 1 unspecified atom stereocenters. The van der Waals surface area contributed by atoms with Crippen LogP contribution in [0.15, 0.2) is 23.1 Å². The summed E-state index contributed by atoms with van der Waals surface area (Å²) < 4.78 is 0. The Hall–Kier alpha value is -0.180. The molecule has 0 saturated carbocycles. The number of hydrogen-bond donors (Lipinski definition) is 1. The summed E-state index contributed by atoms with van der Waals surface area (Å²) in [7, 11) is 0. The lowest BCUT2D eigenvalue weighted by Crippen LogP contribution is -2.18. The second-order valence-electron chi connectivity index (χ2n) is 4.94. The molecule has 0 aliphatic rings. The maximum absolute atomic E-state index is 6.27. The molecule has 1 aromatic rings. The fourth-order valence-electron chi connectivity index (χ4n) is 1.62. The van der Waals surface area contributed by atoms with Gasteiger partial charge in [-0.15, -0.1) is 11.8 Å². The van der Waals surface area contributed by atoms with Crippen molar-refractivity contribution >= 4 is 23.4 Å². The van der Waals surface area contributed by atoms with Crippen molar-refractivity contribution in [3.05, 3.63) is 28.8 Å². The fraction of sp³-hybridized carbons (Fsp3) is 0.571. The van der Waals surface area contributed by atoms with Gasteiger partial charge < -0.3 is 5.73 Å². The molecule has 2 N–H and O–H groups in total. The van der Waals surface area contributed by atoms with E-state index in [1.807, 2.05) is 30.8 Å². The van der Waals surface area contributed by atoms with Gasteiger partial charge in [0.25, 0.3) is 0 Å². The fourth-order valence-corrected chi connectivity index (χ4v) is 3.31. The van der Waals surface area contributed by atoms with Crippen molar-refractivity contribution in [2.75, 3.05) is 5.75 Å². The van der Waals surface area contributed by atoms with Gasteiger partial charge in [-0.05, 0) is 43.1 Å². The molecule has 17 heavy (non-hydrogen) atoms. The van der Waals surface area contributed by atoms with E-state index < -0.39 is 0 Å². The summed E-state index contributed by atoms with van der Waals surface area (Å²) in [5.41, 5.74) is 7.15. The van der Waals surface area contributed by atoms with E-state index in [1.54, 1.807) is 0 Å². The Morgan fingerprint density at radius 3 is 2.59 bits per heavy atom. The Bertz CT molecular complexity index is 350. The summed E-state index contributed by atoms with van der Waals surface area (Å²) in [4.78, 5) is 1.21. The summed E-state index contributed by atoms with van der Waals surface area (Å²) in [6.45, 7) is 6.52. The highest BCUT2D eigenvalue weighted by Crippen LogP contribution is 2.32. The van der Waals surface area contributed by atoms with Gasteiger partial charge in [0.1, 0.15) is 0 Å². The molecule has 0 amide bonds. The van der Waals surface area contributed by atoms with Gasteiger partial charge in [-0.1, -0.05) is 37.6 Å². The van der Waals surface area contributed by atoms with Crippen molar-refractivity contribution in [2.45, 2.75) is 44.6 Å². The number of rotatable bonds is 6. The van der Waals surface area contributed by atoms with Crippen LogP contribution >= 0.6 is 23.4 Å². The molecule has 0 saturated heterocycles. The van der Waals surface area contributed by atoms with E-state index in [0.717, 1.165) is 23.1 Å². The van der Waals surface area contributed by atoms with Crippen molar-refractivity contribution < 1.29 is 0 Å². The molecule has 0 heterocycles. The summed E-state index contributed by atoms with van der Waals surface area (Å²) in [6.07, 6.45) is 2.11. The zero-order valence-electron chi connectivity index (χ0n) is 10.9. The molecule has 0 spiro atoms. The van der Waals surface area contributed by atoms with Crippen LogP contribution < -0.4 is 5.73 Å². The van der Waals surface area contributed by atoms with Crippen LogP contribution in [0.5, 0.6) is 0 Å². The number of nitrogens with two attached hydrogens (primary N) is 1. The molecule has 0 radical (unpaired) electrons. The van der Waals surface area contributed by atoms with Gasteiger partial charge in [0.15, 0.2) is 0 Å². The molecule has 1 atom stereocenters. The first-order valence-corrected chi connectivity index (χ1v) is 7.52. The van der Waals surface area contributed by atoms with E-state index in [9.17, 15) is 0 Å². The van der Waals surface area contributed by atoms with Gasteiger partial charge in [-0.3, -0.25) is 0 Å². The van der Waals surface area contributed by atoms with Crippen LogP contribution in [0.25, 0.3) is 0 Å². The Labute approximate surface area is 114 Å². The van der Waals surface area contributed by atoms with Gasteiger partial charge in [0.05, 0.1) is 5.02 Å². The predicted molar refractivity (Wildman–Crippen MR) is 79.0 cm³/mol. The number of thioether (sulfide) groups is 1. The van der Waals surface area contributed by atoms with E-state index in [0.29, 0.717) is 0 Å². The molecular weight excluding hydrogens is 250 g/mol. The van der Waals surface area contributed by atoms with Gasteiger partial charge in [-0.25, -0.2) is 0 Å². The van der Waals surface area contributed by atoms with Crippen LogP contribution in [0, 0.1) is 5.92 Å². The first kappa shape index (κ1) is 14.9. The Balaban J connectivity index is 2.73. The van der Waals surface area contributed by atoms with Crippen molar-refractivity contribution in [3.63, 3.8) is 0 Å². The molecule has 1 nitrogen and oxygen atoms in total. The van der Waals surface area contributed by atoms with Gasteiger partial charge in [0.2, 0.25) is 0 Å². The number of hydrogen-bond acceptors (Lipinski definition) is 2. The number of halogens is 1. The molecule has 96 valence electrons. The lowest BCUT2D eigenvalue weighted by molar-refractivity contribution is 0.632. The molecule has 0 bridgehead atoms. The maximum Gasteiger partial charge on any atom is 0.0544 e. The highest BCUT2D eigenvalue weighted by Gasteiger charge is 2.09. The van der Waals surface area contributed by atoms with E-state index >= 15 is 0 Å². The average Bonchev–Trinajstić information content (AvgIpc) is 2.21. The Morgan fingerprint density at radius 2 is 2.00 bits per heavy atom. The molecule has 0 aliphatic carbocycles. The molecule has 3 heteroatoms. The van der Waals surface area contributed by atoms with Crippen molar-refractivity contribution in [1.82, 2.24) is 0 Å². The third kappa shape index (κ3) is 5.33. The van der Waals surface area contributed by atoms with Crippen LogP contribution in [0.1, 0.15) is 32.8 Å². The largest absolute Gasteiger partial charge is 0.328 e. The van der Waals surface area contributed by atoms with Crippen molar-refractivity contribution in [1.29, 1.82) is 0 Å².